The van der Waals surface area contributed by atoms with E-state index in [1.807, 2.05) is 41.5 Å². The van der Waals surface area contributed by atoms with Gasteiger partial charge in [0.15, 0.2) is 17.9 Å². The predicted molar refractivity (Wildman–Crippen MR) is 238 cm³/mol. The molecule has 4 aliphatic heterocycles. The van der Waals surface area contributed by atoms with Gasteiger partial charge in [0, 0.05) is 85.9 Å². The fraction of sp³-hybridized carbons (Fsp3) is 0.796. The van der Waals surface area contributed by atoms with Gasteiger partial charge in [0.2, 0.25) is 0 Å². The van der Waals surface area contributed by atoms with E-state index in [4.69, 9.17) is 33.2 Å². The van der Waals surface area contributed by atoms with Gasteiger partial charge in [-0.3, -0.25) is 0 Å². The number of carbonyl (C=O) groups excluding carboxylic acids is 2. The fourth-order valence-electron chi connectivity index (χ4n) is 10.4. The number of carbonyl (C=O) groups is 2. The number of ether oxygens (including phenoxy) is 7. The minimum atomic E-state index is -1.86. The number of allylic oxidation sites excluding steroid dienone is 4. The van der Waals surface area contributed by atoms with Gasteiger partial charge in [-0.1, -0.05) is 91.8 Å². The summed E-state index contributed by atoms with van der Waals surface area (Å²) in [6, 6.07) is 0. The zero-order valence-corrected chi connectivity index (χ0v) is 40.1. The molecule has 15 heteroatoms. The number of esters is 2. The molecule has 0 aromatic carbocycles. The van der Waals surface area contributed by atoms with Crippen LogP contribution in [-0.4, -0.2) is 135 Å². The van der Waals surface area contributed by atoms with Crippen LogP contribution in [-0.2, 0) is 42.7 Å². The summed E-state index contributed by atoms with van der Waals surface area (Å²) in [5, 5.41) is 68.1. The highest BCUT2D eigenvalue weighted by Crippen LogP contribution is 2.44. The van der Waals surface area contributed by atoms with E-state index in [2.05, 4.69) is 0 Å². The van der Waals surface area contributed by atoms with Crippen LogP contribution in [0.2, 0.25) is 0 Å². The van der Waals surface area contributed by atoms with Gasteiger partial charge in [-0.05, 0) is 33.6 Å². The number of rotatable bonds is 13. The molecule has 0 bridgehead atoms. The fourth-order valence-corrected chi connectivity index (χ4v) is 10.4. The summed E-state index contributed by atoms with van der Waals surface area (Å²) in [6.07, 6.45) is 4.65. The Bertz CT molecular complexity index is 1610. The lowest BCUT2D eigenvalue weighted by Crippen LogP contribution is -2.59. The second-order valence-corrected chi connectivity index (χ2v) is 19.2. The lowest BCUT2D eigenvalue weighted by Gasteiger charge is -2.50. The van der Waals surface area contributed by atoms with Crippen LogP contribution in [0.1, 0.15) is 108 Å². The lowest BCUT2D eigenvalue weighted by molar-refractivity contribution is -0.344. The van der Waals surface area contributed by atoms with E-state index >= 15 is 0 Å². The first-order chi connectivity index (χ1) is 30.0. The molecule has 0 aromatic heterocycles. The summed E-state index contributed by atoms with van der Waals surface area (Å²) in [5.74, 6) is -8.92. The van der Waals surface area contributed by atoms with Gasteiger partial charge < -0.3 is 63.8 Å². The molecule has 4 aliphatic rings. The van der Waals surface area contributed by atoms with Crippen molar-refractivity contribution >= 4 is 11.9 Å². The number of cyclic esters (lactones) is 2. The largest absolute Gasteiger partial charge is 0.458 e. The molecule has 0 aromatic rings. The molecule has 0 spiro atoms. The zero-order chi connectivity index (χ0) is 47.8. The van der Waals surface area contributed by atoms with E-state index in [1.165, 1.54) is 24.3 Å². The van der Waals surface area contributed by atoms with Crippen molar-refractivity contribution in [1.29, 1.82) is 0 Å². The average Bonchev–Trinajstić information content (AvgIpc) is 3.24. The summed E-state index contributed by atoms with van der Waals surface area (Å²) < 4.78 is 42.4. The molecule has 0 radical (unpaired) electrons. The van der Waals surface area contributed by atoms with Crippen molar-refractivity contribution in [2.45, 2.75) is 193 Å². The molecule has 0 saturated carbocycles. The Kier molecular flexibility index (Phi) is 19.8. The summed E-state index contributed by atoms with van der Waals surface area (Å²) >= 11 is 0. The molecule has 22 atom stereocenters. The standard InChI is InChI=1S/C49H80O15/c1-13-35-32(9)63-48(56,24-38(35)58-12)30(7)43(53)28(5)46-26(3)19-15-17-22-41(52)62-47(27(4)20-16-18-21-40(51)61-46)29(6)44(54)31(8)49(57)25-39(36(14-2)33(10)64-49)60-42-23-37(50)45(55)34(11)59-42/h15-22,26-39,42-47,50,53-57H,13-14,23-25H2,1-12H3/b19-15+,20-16+,21-18+,22-17+/t26-,27-,28-,29-,30-,31-,32+,33+,34-,35+,36+,37-,38+,39+,42-,43+,44+,45+,46-,47-,48+,49+/m0/s1. The Morgan fingerprint density at radius 1 is 0.688 bits per heavy atom. The van der Waals surface area contributed by atoms with Crippen LogP contribution in [0.5, 0.6) is 0 Å². The summed E-state index contributed by atoms with van der Waals surface area (Å²) in [7, 11) is 1.61. The quantitative estimate of drug-likeness (QED) is 0.136. The van der Waals surface area contributed by atoms with Gasteiger partial charge in [-0.2, -0.15) is 0 Å². The molecular formula is C49H80O15. The first kappa shape index (κ1) is 54.1. The van der Waals surface area contributed by atoms with Crippen molar-refractivity contribution in [1.82, 2.24) is 0 Å². The Morgan fingerprint density at radius 2 is 1.11 bits per heavy atom. The van der Waals surface area contributed by atoms with Crippen LogP contribution < -0.4 is 0 Å². The Morgan fingerprint density at radius 3 is 1.52 bits per heavy atom. The van der Waals surface area contributed by atoms with Crippen LogP contribution in [0.15, 0.2) is 48.6 Å². The van der Waals surface area contributed by atoms with Gasteiger partial charge in [0.25, 0.3) is 0 Å². The van der Waals surface area contributed by atoms with Gasteiger partial charge in [0.05, 0.1) is 48.8 Å². The molecule has 3 fully saturated rings. The van der Waals surface area contributed by atoms with Crippen molar-refractivity contribution in [2.75, 3.05) is 7.11 Å². The van der Waals surface area contributed by atoms with Gasteiger partial charge >= 0.3 is 11.9 Å². The van der Waals surface area contributed by atoms with Crippen LogP contribution in [0.4, 0.5) is 0 Å². The minimum Gasteiger partial charge on any atom is -0.458 e. The molecule has 15 nitrogen and oxygen atoms in total. The van der Waals surface area contributed by atoms with Crippen LogP contribution >= 0.6 is 0 Å². The summed E-state index contributed by atoms with van der Waals surface area (Å²) in [6.45, 7) is 19.9. The molecule has 0 aliphatic carbocycles. The van der Waals surface area contributed by atoms with E-state index < -0.39 is 120 Å². The predicted octanol–water partition coefficient (Wildman–Crippen LogP) is 4.89. The molecule has 3 saturated heterocycles. The summed E-state index contributed by atoms with van der Waals surface area (Å²) in [4.78, 5) is 26.7. The third-order valence-corrected chi connectivity index (χ3v) is 14.8. The maximum Gasteiger partial charge on any atom is 0.331 e. The molecule has 4 rings (SSSR count). The van der Waals surface area contributed by atoms with Gasteiger partial charge in [-0.25, -0.2) is 9.59 Å². The molecule has 0 unspecified atom stereocenters. The second kappa shape index (κ2) is 23.5. The van der Waals surface area contributed by atoms with Crippen molar-refractivity contribution in [3.8, 4) is 0 Å². The monoisotopic (exact) mass is 909 g/mol. The zero-order valence-electron chi connectivity index (χ0n) is 40.1. The highest BCUT2D eigenvalue weighted by atomic mass is 16.7. The third-order valence-electron chi connectivity index (χ3n) is 14.8. The maximum atomic E-state index is 13.4. The number of hydrogen-bond acceptors (Lipinski definition) is 15. The summed E-state index contributed by atoms with van der Waals surface area (Å²) in [5.41, 5.74) is 0. The second-order valence-electron chi connectivity index (χ2n) is 19.2. The Balaban J connectivity index is 1.50. The first-order valence-electron chi connectivity index (χ1n) is 23.5. The highest BCUT2D eigenvalue weighted by Gasteiger charge is 2.53. The molecule has 366 valence electrons. The molecule has 4 heterocycles. The van der Waals surface area contributed by atoms with Crippen molar-refractivity contribution in [3.63, 3.8) is 0 Å². The van der Waals surface area contributed by atoms with Crippen molar-refractivity contribution in [3.05, 3.63) is 48.6 Å². The van der Waals surface area contributed by atoms with E-state index in [0.29, 0.717) is 6.42 Å². The number of hydrogen-bond donors (Lipinski definition) is 6. The SMILES string of the molecule is CC[C@@H]1[C@@H](C)O[C@@](O)([C@@H](C)[C@H](O)[C@H](C)[C@H]2OC(=O)/C=C/C=C/[C@H](C)[C@@H]([C@@H](C)[C@@H](O)[C@H](C)[C@@]3(O)C[C@@H](O[C@H]4C[C@H](O)[C@H](O)[C@H](C)O4)[C@H](CC)[C@@H](C)O3)OC(=O)/C=C/C=C/[C@@H]2C)C[C@H]1OC. The molecule has 6 N–H and O–H groups in total. The van der Waals surface area contributed by atoms with Gasteiger partial charge in [-0.15, -0.1) is 0 Å². The van der Waals surface area contributed by atoms with E-state index in [-0.39, 0.29) is 43.3 Å². The third kappa shape index (κ3) is 12.9. The number of aliphatic hydroxyl groups excluding tert-OH is 4. The Labute approximate surface area is 380 Å². The maximum absolute atomic E-state index is 13.4. The van der Waals surface area contributed by atoms with Crippen molar-refractivity contribution in [2.24, 2.45) is 47.3 Å². The highest BCUT2D eigenvalue weighted by molar-refractivity contribution is 5.83. The number of methoxy groups -OCH3 is 1. The average molecular weight is 909 g/mol. The molecular weight excluding hydrogens is 829 g/mol. The van der Waals surface area contributed by atoms with E-state index in [1.54, 1.807) is 66.0 Å². The number of aliphatic hydroxyl groups is 6. The Hall–Kier alpha value is -2.54. The topological polar surface area (TPSA) is 220 Å². The van der Waals surface area contributed by atoms with Crippen LogP contribution in [0, 0.1) is 47.3 Å². The normalized spacial score (nSPS) is 44.2. The van der Waals surface area contributed by atoms with Crippen LogP contribution in [0.25, 0.3) is 0 Å². The first-order valence-corrected chi connectivity index (χ1v) is 23.5. The lowest BCUT2D eigenvalue weighted by atomic mass is 9.76. The van der Waals surface area contributed by atoms with Crippen molar-refractivity contribution < 1.29 is 73.4 Å². The smallest absolute Gasteiger partial charge is 0.331 e. The van der Waals surface area contributed by atoms with E-state index in [9.17, 15) is 40.2 Å². The van der Waals surface area contributed by atoms with Gasteiger partial charge in [0.1, 0.15) is 18.3 Å². The minimum absolute atomic E-state index is 0.0102. The van der Waals surface area contributed by atoms with E-state index in [0.717, 1.165) is 6.42 Å². The molecule has 64 heavy (non-hydrogen) atoms. The molecule has 0 amide bonds. The van der Waals surface area contributed by atoms with Crippen LogP contribution in [0.3, 0.4) is 0 Å².